The fourth-order valence-corrected chi connectivity index (χ4v) is 4.68. The van der Waals surface area contributed by atoms with Crippen LogP contribution in [0.25, 0.3) is 10.8 Å². The molecule has 1 saturated heterocycles. The number of aliphatic hydroxyl groups is 1. The van der Waals surface area contributed by atoms with Crippen molar-refractivity contribution in [2.24, 2.45) is 0 Å². The predicted octanol–water partition coefficient (Wildman–Crippen LogP) is 1.52. The third-order valence-corrected chi connectivity index (χ3v) is 5.93. The van der Waals surface area contributed by atoms with E-state index in [1.807, 2.05) is 18.2 Å². The number of hydrogen-bond acceptors (Lipinski definition) is 4. The number of nitrogens with one attached hydrogen (secondary N) is 1. The van der Waals surface area contributed by atoms with Gasteiger partial charge in [0.2, 0.25) is 0 Å². The Morgan fingerprint density at radius 3 is 2.68 bits per heavy atom. The second-order valence-electron chi connectivity index (χ2n) is 6.05. The van der Waals surface area contributed by atoms with Crippen LogP contribution in [0.3, 0.4) is 0 Å². The van der Waals surface area contributed by atoms with Crippen LogP contribution in [-0.2, 0) is 16.3 Å². The lowest BCUT2D eigenvalue weighted by Crippen LogP contribution is -2.37. The number of hydrogen-bond donors (Lipinski definition) is 2. The van der Waals surface area contributed by atoms with E-state index in [1.54, 1.807) is 0 Å². The molecule has 2 aromatic carbocycles. The van der Waals surface area contributed by atoms with Gasteiger partial charge in [0, 0.05) is 12.6 Å². The molecule has 1 fully saturated rings. The van der Waals surface area contributed by atoms with Gasteiger partial charge in [0.05, 0.1) is 17.6 Å². The summed E-state index contributed by atoms with van der Waals surface area (Å²) in [5, 5.41) is 15.7. The van der Waals surface area contributed by atoms with Crippen LogP contribution in [0, 0.1) is 0 Å². The van der Waals surface area contributed by atoms with Crippen LogP contribution in [0.2, 0.25) is 0 Å². The maximum absolute atomic E-state index is 11.4. The molecule has 1 aliphatic rings. The molecule has 0 bridgehead atoms. The second-order valence-corrected chi connectivity index (χ2v) is 8.28. The molecule has 2 atom stereocenters. The lowest BCUT2D eigenvalue weighted by Gasteiger charge is -2.15. The molecule has 0 radical (unpaired) electrons. The van der Waals surface area contributed by atoms with Crippen LogP contribution in [-0.4, -0.2) is 43.7 Å². The van der Waals surface area contributed by atoms with E-state index in [-0.39, 0.29) is 17.5 Å². The predicted molar refractivity (Wildman–Crippen MR) is 88.7 cm³/mol. The fraction of sp³-hybridized carbons (Fsp3) is 0.412. The van der Waals surface area contributed by atoms with Crippen molar-refractivity contribution in [1.29, 1.82) is 0 Å². The maximum atomic E-state index is 11.4. The van der Waals surface area contributed by atoms with Crippen LogP contribution in [0.15, 0.2) is 42.5 Å². The van der Waals surface area contributed by atoms with Crippen LogP contribution in [0.1, 0.15) is 12.0 Å². The summed E-state index contributed by atoms with van der Waals surface area (Å²) in [7, 11) is -2.87. The van der Waals surface area contributed by atoms with Gasteiger partial charge in [-0.05, 0) is 29.2 Å². The van der Waals surface area contributed by atoms with E-state index in [9.17, 15) is 13.5 Å². The summed E-state index contributed by atoms with van der Waals surface area (Å²) in [5.74, 6) is 0.446. The van der Waals surface area contributed by atoms with Crippen LogP contribution >= 0.6 is 0 Å². The van der Waals surface area contributed by atoms with E-state index >= 15 is 0 Å². The normalized spacial score (nSPS) is 22.0. The Kier molecular flexibility index (Phi) is 4.47. The first-order valence-electron chi connectivity index (χ1n) is 7.61. The molecule has 0 saturated carbocycles. The molecule has 0 aliphatic carbocycles. The Labute approximate surface area is 131 Å². The first-order chi connectivity index (χ1) is 10.5. The summed E-state index contributed by atoms with van der Waals surface area (Å²) < 4.78 is 22.8. The molecule has 1 heterocycles. The van der Waals surface area contributed by atoms with Crippen molar-refractivity contribution in [2.75, 3.05) is 18.1 Å². The quantitative estimate of drug-likeness (QED) is 0.877. The molecule has 22 heavy (non-hydrogen) atoms. The number of fused-ring (bicyclic) bond motifs is 1. The van der Waals surface area contributed by atoms with Crippen LogP contribution in [0.5, 0.6) is 0 Å². The Morgan fingerprint density at radius 1 is 1.18 bits per heavy atom. The Morgan fingerprint density at radius 2 is 1.95 bits per heavy atom. The third-order valence-electron chi connectivity index (χ3n) is 4.16. The van der Waals surface area contributed by atoms with Crippen molar-refractivity contribution in [3.05, 3.63) is 48.0 Å². The van der Waals surface area contributed by atoms with Gasteiger partial charge >= 0.3 is 0 Å². The average molecular weight is 319 g/mol. The van der Waals surface area contributed by atoms with Gasteiger partial charge in [-0.3, -0.25) is 0 Å². The molecule has 5 heteroatoms. The van der Waals surface area contributed by atoms with Gasteiger partial charge in [0.15, 0.2) is 9.84 Å². The molecule has 0 aromatic heterocycles. The maximum Gasteiger partial charge on any atom is 0.151 e. The molecule has 2 N–H and O–H groups in total. The summed E-state index contributed by atoms with van der Waals surface area (Å²) in [4.78, 5) is 0. The first kappa shape index (κ1) is 15.5. The second kappa shape index (κ2) is 6.36. The van der Waals surface area contributed by atoms with Gasteiger partial charge < -0.3 is 10.4 Å². The Balaban J connectivity index is 1.55. The summed E-state index contributed by atoms with van der Waals surface area (Å²) in [6.45, 7) is 0.424. The van der Waals surface area contributed by atoms with E-state index in [4.69, 9.17) is 0 Å². The number of aliphatic hydroxyl groups excluding tert-OH is 1. The molecule has 0 amide bonds. The van der Waals surface area contributed by atoms with E-state index in [2.05, 4.69) is 29.6 Å². The van der Waals surface area contributed by atoms with Gasteiger partial charge in [-0.2, -0.15) is 0 Å². The molecule has 0 spiro atoms. The Bertz CT molecular complexity index is 757. The zero-order valence-corrected chi connectivity index (χ0v) is 13.2. The molecule has 1 aliphatic heterocycles. The minimum atomic E-state index is -2.87. The number of sulfone groups is 1. The zero-order chi connectivity index (χ0) is 15.6. The summed E-state index contributed by atoms with van der Waals surface area (Å²) in [6.07, 6.45) is 0.701. The summed E-state index contributed by atoms with van der Waals surface area (Å²) >= 11 is 0. The number of rotatable bonds is 5. The van der Waals surface area contributed by atoms with Crippen molar-refractivity contribution in [2.45, 2.75) is 25.0 Å². The van der Waals surface area contributed by atoms with Gasteiger partial charge in [0.25, 0.3) is 0 Å². The van der Waals surface area contributed by atoms with E-state index in [0.29, 0.717) is 19.4 Å². The average Bonchev–Trinajstić information content (AvgIpc) is 2.84. The summed E-state index contributed by atoms with van der Waals surface area (Å²) in [5.41, 5.74) is 1.09. The SMILES string of the molecule is O=S1(=O)CCC(NCC(O)Cc2ccc3ccccc3c2)C1. The smallest absolute Gasteiger partial charge is 0.151 e. The molecule has 2 aromatic rings. The largest absolute Gasteiger partial charge is 0.391 e. The van der Waals surface area contributed by atoms with Crippen molar-refractivity contribution < 1.29 is 13.5 Å². The molecular formula is C17H21NO3S. The van der Waals surface area contributed by atoms with Crippen LogP contribution in [0.4, 0.5) is 0 Å². The highest BCUT2D eigenvalue weighted by atomic mass is 32.2. The van der Waals surface area contributed by atoms with Crippen molar-refractivity contribution in [3.63, 3.8) is 0 Å². The highest BCUT2D eigenvalue weighted by Gasteiger charge is 2.27. The molecule has 2 unspecified atom stereocenters. The first-order valence-corrected chi connectivity index (χ1v) is 9.43. The lowest BCUT2D eigenvalue weighted by atomic mass is 10.0. The minimum Gasteiger partial charge on any atom is -0.391 e. The molecule has 118 valence electrons. The van der Waals surface area contributed by atoms with Crippen molar-refractivity contribution in [3.8, 4) is 0 Å². The Hall–Kier alpha value is -1.43. The third kappa shape index (κ3) is 3.85. The standard InChI is InChI=1S/C17H21NO3S/c19-17(11-18-16-7-8-22(20,21)12-16)10-13-5-6-14-3-1-2-4-15(14)9-13/h1-6,9,16-19H,7-8,10-12H2. The van der Waals surface area contributed by atoms with Gasteiger partial charge in [-0.1, -0.05) is 42.5 Å². The highest BCUT2D eigenvalue weighted by molar-refractivity contribution is 7.91. The minimum absolute atomic E-state index is 0.0174. The van der Waals surface area contributed by atoms with Gasteiger partial charge in [-0.15, -0.1) is 0 Å². The topological polar surface area (TPSA) is 66.4 Å². The number of benzene rings is 2. The van der Waals surface area contributed by atoms with E-state index < -0.39 is 15.9 Å². The van der Waals surface area contributed by atoms with Gasteiger partial charge in [0.1, 0.15) is 0 Å². The molecule has 4 nitrogen and oxygen atoms in total. The van der Waals surface area contributed by atoms with Crippen molar-refractivity contribution >= 4 is 20.6 Å². The zero-order valence-electron chi connectivity index (χ0n) is 12.4. The molecular weight excluding hydrogens is 298 g/mol. The fourth-order valence-electron chi connectivity index (χ4n) is 2.97. The van der Waals surface area contributed by atoms with E-state index in [1.165, 1.54) is 10.8 Å². The summed E-state index contributed by atoms with van der Waals surface area (Å²) in [6, 6.07) is 14.3. The van der Waals surface area contributed by atoms with Crippen LogP contribution < -0.4 is 5.32 Å². The molecule has 3 rings (SSSR count). The lowest BCUT2D eigenvalue weighted by molar-refractivity contribution is 0.168. The van der Waals surface area contributed by atoms with Crippen molar-refractivity contribution in [1.82, 2.24) is 5.32 Å². The van der Waals surface area contributed by atoms with Gasteiger partial charge in [-0.25, -0.2) is 8.42 Å². The highest BCUT2D eigenvalue weighted by Crippen LogP contribution is 2.17. The monoisotopic (exact) mass is 319 g/mol. The van der Waals surface area contributed by atoms with E-state index in [0.717, 1.165) is 5.56 Å².